The van der Waals surface area contributed by atoms with Crippen LogP contribution in [0.1, 0.15) is 27.0 Å². The van der Waals surface area contributed by atoms with Gasteiger partial charge in [-0.2, -0.15) is 0 Å². The second-order valence-corrected chi connectivity index (χ2v) is 6.03. The fourth-order valence-electron chi connectivity index (χ4n) is 2.41. The lowest BCUT2D eigenvalue weighted by atomic mass is 10.0. The summed E-state index contributed by atoms with van der Waals surface area (Å²) in [6.45, 7) is -1.06. The molecule has 0 aliphatic rings. The third-order valence-electron chi connectivity index (χ3n) is 3.70. The first-order chi connectivity index (χ1) is 12.4. The van der Waals surface area contributed by atoms with E-state index in [2.05, 4.69) is 18.1 Å². The van der Waals surface area contributed by atoms with Gasteiger partial charge in [0, 0.05) is 12.1 Å². The highest BCUT2D eigenvalue weighted by Crippen LogP contribution is 2.17. The number of rotatable bonds is 7. The average Bonchev–Trinajstić information content (AvgIpc) is 2.66. The van der Waals surface area contributed by atoms with E-state index in [1.807, 2.05) is 0 Å². The molecular weight excluding hydrogens is 360 g/mol. The molecule has 26 heavy (non-hydrogen) atoms. The van der Waals surface area contributed by atoms with Gasteiger partial charge >= 0.3 is 6.03 Å². The molecule has 8 heteroatoms. The highest BCUT2D eigenvalue weighted by Gasteiger charge is 2.12. The molecule has 0 saturated carbocycles. The van der Waals surface area contributed by atoms with E-state index in [1.165, 1.54) is 18.2 Å². The summed E-state index contributed by atoms with van der Waals surface area (Å²) in [4.78, 5) is 23.2. The maximum Gasteiger partial charge on any atom is 0.331 e. The van der Waals surface area contributed by atoms with Crippen molar-refractivity contribution < 1.29 is 18.4 Å². The number of alkyl halides is 2. The molecular formula is C18H19F2N3O2S. The molecule has 5 nitrogen and oxygen atoms in total. The number of carbonyl (C=O) groups is 2. The van der Waals surface area contributed by atoms with Crippen molar-refractivity contribution in [1.29, 1.82) is 0 Å². The third-order valence-corrected chi connectivity index (χ3v) is 4.11. The van der Waals surface area contributed by atoms with E-state index in [-0.39, 0.29) is 6.54 Å². The number of amides is 3. The summed E-state index contributed by atoms with van der Waals surface area (Å²) >= 11 is 4.13. The number of anilines is 1. The van der Waals surface area contributed by atoms with E-state index in [1.54, 1.807) is 24.3 Å². The Balaban J connectivity index is 1.92. The van der Waals surface area contributed by atoms with Crippen molar-refractivity contribution in [1.82, 2.24) is 5.32 Å². The molecule has 2 aromatic rings. The first kappa shape index (κ1) is 19.7. The summed E-state index contributed by atoms with van der Waals surface area (Å²) in [7, 11) is 0. The number of benzene rings is 2. The van der Waals surface area contributed by atoms with Crippen LogP contribution in [0.5, 0.6) is 0 Å². The molecule has 0 atom stereocenters. The van der Waals surface area contributed by atoms with E-state index < -0.39 is 25.3 Å². The lowest BCUT2D eigenvalue weighted by molar-refractivity contribution is 0.100. The smallest absolute Gasteiger partial charge is 0.331 e. The van der Waals surface area contributed by atoms with Gasteiger partial charge in [0.25, 0.3) is 0 Å². The van der Waals surface area contributed by atoms with Gasteiger partial charge in [-0.3, -0.25) is 4.79 Å². The number of hydrogen-bond acceptors (Lipinski definition) is 3. The van der Waals surface area contributed by atoms with Gasteiger partial charge in [0.15, 0.2) is 0 Å². The van der Waals surface area contributed by atoms with Crippen LogP contribution in [0.15, 0.2) is 42.5 Å². The number of carbonyl (C=O) groups excluding carboxylic acids is 2. The van der Waals surface area contributed by atoms with Crippen LogP contribution < -0.4 is 15.4 Å². The number of hydrogen-bond donors (Lipinski definition) is 3. The molecule has 3 amide bonds. The van der Waals surface area contributed by atoms with Crippen molar-refractivity contribution in [3.8, 4) is 0 Å². The number of primary amides is 1. The van der Waals surface area contributed by atoms with Crippen LogP contribution in [0.4, 0.5) is 19.3 Å². The van der Waals surface area contributed by atoms with E-state index in [0.717, 1.165) is 9.87 Å². The monoisotopic (exact) mass is 379 g/mol. The fraction of sp³-hybridized carbons (Fsp3) is 0.222. The minimum Gasteiger partial charge on any atom is -0.366 e. The quantitative estimate of drug-likeness (QED) is 0.646. The molecule has 0 aliphatic carbocycles. The number of nitrogens with one attached hydrogen (secondary N) is 1. The predicted molar refractivity (Wildman–Crippen MR) is 99.6 cm³/mol. The van der Waals surface area contributed by atoms with Gasteiger partial charge in [-0.15, -0.1) is 0 Å². The lowest BCUT2D eigenvalue weighted by Crippen LogP contribution is -2.35. The fourth-order valence-corrected chi connectivity index (χ4v) is 2.61. The number of urea groups is 1. The van der Waals surface area contributed by atoms with Gasteiger partial charge in [0.2, 0.25) is 5.91 Å². The Morgan fingerprint density at radius 1 is 1.00 bits per heavy atom. The number of nitrogens with zero attached hydrogens (tertiary/aromatic N) is 1. The molecule has 0 aromatic heterocycles. The van der Waals surface area contributed by atoms with Gasteiger partial charge in [0.05, 0.1) is 5.69 Å². The van der Waals surface area contributed by atoms with Crippen LogP contribution >= 0.6 is 12.8 Å². The van der Waals surface area contributed by atoms with Crippen molar-refractivity contribution in [2.45, 2.75) is 19.8 Å². The van der Waals surface area contributed by atoms with E-state index in [4.69, 9.17) is 5.73 Å². The molecule has 138 valence electrons. The zero-order chi connectivity index (χ0) is 19.1. The zero-order valence-electron chi connectivity index (χ0n) is 13.9. The van der Waals surface area contributed by atoms with Gasteiger partial charge in [0.1, 0.15) is 13.3 Å². The molecule has 3 N–H and O–H groups in total. The molecule has 2 aromatic carbocycles. The van der Waals surface area contributed by atoms with Crippen molar-refractivity contribution in [2.24, 2.45) is 5.73 Å². The Kier molecular flexibility index (Phi) is 6.97. The highest BCUT2D eigenvalue weighted by molar-refractivity contribution is 7.82. The van der Waals surface area contributed by atoms with Crippen LogP contribution in [0.3, 0.4) is 0 Å². The second kappa shape index (κ2) is 9.19. The topological polar surface area (TPSA) is 75.4 Å². The molecule has 0 saturated heterocycles. The largest absolute Gasteiger partial charge is 0.366 e. The maximum absolute atomic E-state index is 12.8. The SMILES string of the molecule is NC(=O)c1ccc(N(S)C(=O)NCCc2cc(CF)cc(CF)c2)cc1. The number of halogens is 2. The summed E-state index contributed by atoms with van der Waals surface area (Å²) in [5.74, 6) is -0.560. The minimum atomic E-state index is -0.668. The predicted octanol–water partition coefficient (Wildman–Crippen LogP) is 3.33. The highest BCUT2D eigenvalue weighted by atomic mass is 32.1. The first-order valence-corrected chi connectivity index (χ1v) is 8.25. The Morgan fingerprint density at radius 3 is 2.04 bits per heavy atom. The Labute approximate surface area is 155 Å². The molecule has 0 heterocycles. The molecule has 0 spiro atoms. The van der Waals surface area contributed by atoms with Gasteiger partial charge in [-0.25, -0.2) is 17.9 Å². The van der Waals surface area contributed by atoms with Crippen molar-refractivity contribution >= 4 is 30.4 Å². The Hall–Kier alpha value is -2.61. The molecule has 0 radical (unpaired) electrons. The summed E-state index contributed by atoms with van der Waals surface area (Å²) in [5.41, 5.74) is 7.52. The zero-order valence-corrected chi connectivity index (χ0v) is 14.8. The van der Waals surface area contributed by atoms with E-state index in [0.29, 0.717) is 28.8 Å². The maximum atomic E-state index is 12.8. The van der Waals surface area contributed by atoms with Crippen molar-refractivity contribution in [3.05, 3.63) is 64.7 Å². The van der Waals surface area contributed by atoms with Gasteiger partial charge in [-0.05, 0) is 47.4 Å². The standard InChI is InChI=1S/C18H19F2N3O2S/c19-10-13-7-12(8-14(9-13)11-20)5-6-22-18(25)23(26)16-3-1-15(2-4-16)17(21)24/h1-4,7-9,26H,5-6,10-11H2,(H2,21,24)(H,22,25). The van der Waals surface area contributed by atoms with E-state index >= 15 is 0 Å². The summed E-state index contributed by atoms with van der Waals surface area (Å²) < 4.78 is 26.7. The normalized spacial score (nSPS) is 10.4. The van der Waals surface area contributed by atoms with Crippen LogP contribution in [0.25, 0.3) is 0 Å². The Morgan fingerprint density at radius 2 is 1.54 bits per heavy atom. The van der Waals surface area contributed by atoms with Crippen LogP contribution in [-0.4, -0.2) is 18.5 Å². The van der Waals surface area contributed by atoms with Gasteiger partial charge in [-0.1, -0.05) is 31.0 Å². The van der Waals surface area contributed by atoms with Crippen LogP contribution in [0, 0.1) is 0 Å². The van der Waals surface area contributed by atoms with Crippen molar-refractivity contribution in [2.75, 3.05) is 10.8 Å². The average molecular weight is 379 g/mol. The Bertz CT molecular complexity index is 762. The molecule has 2 rings (SSSR count). The van der Waals surface area contributed by atoms with Crippen molar-refractivity contribution in [3.63, 3.8) is 0 Å². The van der Waals surface area contributed by atoms with Gasteiger partial charge < -0.3 is 11.1 Å². The molecule has 0 aliphatic heterocycles. The summed E-state index contributed by atoms with van der Waals surface area (Å²) in [5, 5.41) is 2.67. The lowest BCUT2D eigenvalue weighted by Gasteiger charge is -2.17. The minimum absolute atomic E-state index is 0.275. The summed E-state index contributed by atoms with van der Waals surface area (Å²) in [6, 6.07) is 10.4. The molecule has 0 bridgehead atoms. The first-order valence-electron chi connectivity index (χ1n) is 7.85. The molecule has 0 unspecified atom stereocenters. The number of thiol groups is 1. The molecule has 0 fully saturated rings. The third kappa shape index (κ3) is 5.19. The van der Waals surface area contributed by atoms with E-state index in [9.17, 15) is 18.4 Å². The summed E-state index contributed by atoms with van der Waals surface area (Å²) in [6.07, 6.45) is 0.425. The number of nitrogens with two attached hydrogens (primary N) is 1. The van der Waals surface area contributed by atoms with Crippen LogP contribution in [-0.2, 0) is 19.8 Å². The second-order valence-electron chi connectivity index (χ2n) is 5.63. The van der Waals surface area contributed by atoms with Crippen LogP contribution in [0.2, 0.25) is 0 Å².